The molecule has 1 aromatic carbocycles. The van der Waals surface area contributed by atoms with Gasteiger partial charge in [0.15, 0.2) is 5.76 Å². The van der Waals surface area contributed by atoms with Crippen LogP contribution in [0, 0.1) is 0 Å². The lowest BCUT2D eigenvalue weighted by Crippen LogP contribution is -2.21. The molecule has 0 N–H and O–H groups in total. The molecule has 4 rings (SSSR count). The number of halogens is 1. The number of furan rings is 1. The summed E-state index contributed by atoms with van der Waals surface area (Å²) in [6.45, 7) is 1.92. The largest absolute Gasteiger partial charge is 0.453 e. The van der Waals surface area contributed by atoms with E-state index in [4.69, 9.17) is 16.0 Å². The molecule has 0 amide bonds. The number of para-hydroxylation sites is 1. The molecule has 21 heavy (non-hydrogen) atoms. The highest BCUT2D eigenvalue weighted by atomic mass is 35.5. The highest BCUT2D eigenvalue weighted by Crippen LogP contribution is 2.27. The van der Waals surface area contributed by atoms with Crippen molar-refractivity contribution in [3.05, 3.63) is 35.6 Å². The second-order valence-electron chi connectivity index (χ2n) is 5.07. The fourth-order valence-corrected chi connectivity index (χ4v) is 2.76. The molecule has 0 unspecified atom stereocenters. The molecular weight excluding hydrogens is 288 g/mol. The van der Waals surface area contributed by atoms with Gasteiger partial charge in [-0.3, -0.25) is 0 Å². The minimum atomic E-state index is 0.197. The monoisotopic (exact) mass is 300 g/mol. The molecule has 0 atom stereocenters. The summed E-state index contributed by atoms with van der Waals surface area (Å²) in [7, 11) is 0. The summed E-state index contributed by atoms with van der Waals surface area (Å²) >= 11 is 6.05. The summed E-state index contributed by atoms with van der Waals surface area (Å²) in [4.78, 5) is 15.0. The zero-order chi connectivity index (χ0) is 14.2. The Kier molecular flexibility index (Phi) is 3.00. The lowest BCUT2D eigenvalue weighted by atomic mass is 10.2. The van der Waals surface area contributed by atoms with Gasteiger partial charge in [-0.1, -0.05) is 18.2 Å². The molecule has 106 valence electrons. The van der Waals surface area contributed by atoms with Crippen LogP contribution in [-0.2, 0) is 0 Å². The molecule has 1 fully saturated rings. The summed E-state index contributed by atoms with van der Waals surface area (Å²) in [6.07, 6.45) is 2.31. The normalized spacial score (nSPS) is 15.0. The molecule has 0 saturated carbocycles. The van der Waals surface area contributed by atoms with Gasteiger partial charge in [0.1, 0.15) is 5.58 Å². The summed E-state index contributed by atoms with van der Waals surface area (Å²) in [6, 6.07) is 9.74. The van der Waals surface area contributed by atoms with E-state index in [0.717, 1.165) is 36.9 Å². The molecule has 0 spiro atoms. The van der Waals surface area contributed by atoms with Crippen LogP contribution >= 0.6 is 11.6 Å². The van der Waals surface area contributed by atoms with Crippen LogP contribution in [-0.4, -0.2) is 28.0 Å². The first-order valence-electron chi connectivity index (χ1n) is 6.95. The fraction of sp³-hybridized carbons (Fsp3) is 0.267. The minimum absolute atomic E-state index is 0.197. The van der Waals surface area contributed by atoms with E-state index in [1.54, 1.807) is 0 Å². The first-order valence-corrected chi connectivity index (χ1v) is 7.33. The van der Waals surface area contributed by atoms with Gasteiger partial charge in [-0.15, -0.1) is 0 Å². The van der Waals surface area contributed by atoms with Crippen LogP contribution in [0.1, 0.15) is 12.8 Å². The van der Waals surface area contributed by atoms with Crippen molar-refractivity contribution < 1.29 is 4.42 Å². The van der Waals surface area contributed by atoms with Crippen LogP contribution in [0.15, 0.2) is 34.7 Å². The van der Waals surface area contributed by atoms with Crippen molar-refractivity contribution >= 4 is 28.5 Å². The first-order chi connectivity index (χ1) is 10.3. The smallest absolute Gasteiger partial charge is 0.230 e. The SMILES string of the molecule is Clc1nc(-c2cc3ccccc3o2)nc(N2CCCC2)n1. The molecule has 3 aromatic rings. The van der Waals surface area contributed by atoms with Crippen molar-refractivity contribution in [2.75, 3.05) is 18.0 Å². The van der Waals surface area contributed by atoms with Gasteiger partial charge in [-0.2, -0.15) is 15.0 Å². The lowest BCUT2D eigenvalue weighted by molar-refractivity contribution is 0.624. The maximum Gasteiger partial charge on any atom is 0.230 e. The number of benzene rings is 1. The Morgan fingerprint density at radius 1 is 1.05 bits per heavy atom. The zero-order valence-corrected chi connectivity index (χ0v) is 12.0. The van der Waals surface area contributed by atoms with Crippen LogP contribution in [0.25, 0.3) is 22.6 Å². The number of rotatable bonds is 2. The fourth-order valence-electron chi connectivity index (χ4n) is 2.60. The Morgan fingerprint density at radius 3 is 2.67 bits per heavy atom. The van der Waals surface area contributed by atoms with E-state index in [1.807, 2.05) is 30.3 Å². The first kappa shape index (κ1) is 12.6. The number of hydrogen-bond donors (Lipinski definition) is 0. The van der Waals surface area contributed by atoms with E-state index >= 15 is 0 Å². The van der Waals surface area contributed by atoms with Gasteiger partial charge in [-0.25, -0.2) is 0 Å². The molecule has 1 saturated heterocycles. The van der Waals surface area contributed by atoms with Crippen molar-refractivity contribution in [2.24, 2.45) is 0 Å². The molecule has 2 aromatic heterocycles. The molecular formula is C15H13ClN4O. The predicted molar refractivity (Wildman–Crippen MR) is 81.5 cm³/mol. The van der Waals surface area contributed by atoms with Crippen LogP contribution in [0.4, 0.5) is 5.95 Å². The van der Waals surface area contributed by atoms with Crippen LogP contribution < -0.4 is 4.90 Å². The third kappa shape index (κ3) is 2.34. The van der Waals surface area contributed by atoms with Crippen LogP contribution in [0.5, 0.6) is 0 Å². The Balaban J connectivity index is 1.79. The topological polar surface area (TPSA) is 55.1 Å². The van der Waals surface area contributed by atoms with Gasteiger partial charge in [0, 0.05) is 18.5 Å². The summed E-state index contributed by atoms with van der Waals surface area (Å²) in [5, 5.41) is 1.22. The van der Waals surface area contributed by atoms with E-state index in [1.165, 1.54) is 0 Å². The van der Waals surface area contributed by atoms with Crippen molar-refractivity contribution in [3.63, 3.8) is 0 Å². The van der Waals surface area contributed by atoms with Crippen molar-refractivity contribution in [1.29, 1.82) is 0 Å². The molecule has 1 aliphatic heterocycles. The van der Waals surface area contributed by atoms with Gasteiger partial charge in [0.25, 0.3) is 0 Å². The van der Waals surface area contributed by atoms with E-state index in [0.29, 0.717) is 17.5 Å². The Hall–Kier alpha value is -2.14. The van der Waals surface area contributed by atoms with E-state index < -0.39 is 0 Å². The Labute approximate surface area is 126 Å². The molecule has 0 aliphatic carbocycles. The molecule has 3 heterocycles. The van der Waals surface area contributed by atoms with Gasteiger partial charge in [0.05, 0.1) is 0 Å². The maximum atomic E-state index is 6.05. The zero-order valence-electron chi connectivity index (χ0n) is 11.3. The number of aromatic nitrogens is 3. The molecule has 6 heteroatoms. The van der Waals surface area contributed by atoms with Crippen molar-refractivity contribution in [2.45, 2.75) is 12.8 Å². The van der Waals surface area contributed by atoms with Gasteiger partial charge >= 0.3 is 0 Å². The quantitative estimate of drug-likeness (QED) is 0.724. The second kappa shape index (κ2) is 5.00. The van der Waals surface area contributed by atoms with Crippen molar-refractivity contribution in [3.8, 4) is 11.6 Å². The minimum Gasteiger partial charge on any atom is -0.453 e. The van der Waals surface area contributed by atoms with Gasteiger partial charge in [-0.05, 0) is 36.6 Å². The third-order valence-corrected chi connectivity index (χ3v) is 3.80. The van der Waals surface area contributed by atoms with E-state index in [-0.39, 0.29) is 5.28 Å². The number of fused-ring (bicyclic) bond motifs is 1. The summed E-state index contributed by atoms with van der Waals surface area (Å²) < 4.78 is 5.80. The van der Waals surface area contributed by atoms with E-state index in [9.17, 15) is 0 Å². The molecule has 0 bridgehead atoms. The predicted octanol–water partition coefficient (Wildman–Crippen LogP) is 3.54. The highest BCUT2D eigenvalue weighted by molar-refractivity contribution is 6.28. The second-order valence-corrected chi connectivity index (χ2v) is 5.41. The third-order valence-electron chi connectivity index (χ3n) is 3.63. The molecule has 5 nitrogen and oxygen atoms in total. The Morgan fingerprint density at radius 2 is 1.86 bits per heavy atom. The van der Waals surface area contributed by atoms with Gasteiger partial charge < -0.3 is 9.32 Å². The van der Waals surface area contributed by atoms with E-state index in [2.05, 4.69) is 19.9 Å². The standard InChI is InChI=1S/C15H13ClN4O/c16-14-17-13(18-15(19-14)20-7-3-4-8-20)12-9-10-5-1-2-6-11(10)21-12/h1-2,5-6,9H,3-4,7-8H2. The lowest BCUT2D eigenvalue weighted by Gasteiger charge is -2.14. The molecule has 0 radical (unpaired) electrons. The molecule has 1 aliphatic rings. The number of anilines is 1. The number of nitrogens with zero attached hydrogens (tertiary/aromatic N) is 4. The van der Waals surface area contributed by atoms with Crippen LogP contribution in [0.2, 0.25) is 5.28 Å². The Bertz CT molecular complexity index is 762. The van der Waals surface area contributed by atoms with Gasteiger partial charge in [0.2, 0.25) is 17.1 Å². The van der Waals surface area contributed by atoms with Crippen LogP contribution in [0.3, 0.4) is 0 Å². The number of hydrogen-bond acceptors (Lipinski definition) is 5. The maximum absolute atomic E-state index is 6.05. The summed E-state index contributed by atoms with van der Waals surface area (Å²) in [5.74, 6) is 1.72. The highest BCUT2D eigenvalue weighted by Gasteiger charge is 2.18. The average molecular weight is 301 g/mol. The van der Waals surface area contributed by atoms with Crippen molar-refractivity contribution in [1.82, 2.24) is 15.0 Å². The average Bonchev–Trinajstić information content (AvgIpc) is 3.16. The summed E-state index contributed by atoms with van der Waals surface area (Å²) in [5.41, 5.74) is 0.812.